The molecule has 5 N–H and O–H groups in total. The van der Waals surface area contributed by atoms with Crippen molar-refractivity contribution in [2.75, 3.05) is 19.7 Å². The highest BCUT2D eigenvalue weighted by Gasteiger charge is 2.20. The van der Waals surface area contributed by atoms with Crippen molar-refractivity contribution in [3.63, 3.8) is 0 Å². The number of aliphatic hydroxyl groups excluding tert-OH is 1. The number of nitrogens with zero attached hydrogens (tertiary/aromatic N) is 1. The lowest BCUT2D eigenvalue weighted by Crippen LogP contribution is -2.45. The summed E-state index contributed by atoms with van der Waals surface area (Å²) in [5, 5.41) is 27.4. The summed E-state index contributed by atoms with van der Waals surface area (Å²) in [6, 6.07) is 3.67. The number of amides is 1. The number of phenolic OH excluding ortho intramolecular Hbond substituents is 2. The standard InChI is InChI=1S/C14H22N2O4/c1-2-16(6-3-7-17)14(20)11(15)8-10-4-5-12(18)13(19)9-10/h4-5,9,11,17-19H,2-3,6-8,15H2,1H3/t11-/m0/s1. The molecule has 112 valence electrons. The van der Waals surface area contributed by atoms with Crippen LogP contribution in [0.15, 0.2) is 18.2 Å². The molecule has 6 nitrogen and oxygen atoms in total. The van der Waals surface area contributed by atoms with Crippen molar-refractivity contribution in [2.24, 2.45) is 5.73 Å². The van der Waals surface area contributed by atoms with Gasteiger partial charge in [-0.3, -0.25) is 4.79 Å². The fourth-order valence-corrected chi connectivity index (χ4v) is 1.96. The summed E-state index contributed by atoms with van der Waals surface area (Å²) in [6.45, 7) is 2.90. The number of likely N-dealkylation sites (N-methyl/N-ethyl adjacent to an activating group) is 1. The molecule has 1 atom stereocenters. The van der Waals surface area contributed by atoms with Gasteiger partial charge in [0.05, 0.1) is 6.04 Å². The van der Waals surface area contributed by atoms with Crippen molar-refractivity contribution in [1.82, 2.24) is 4.90 Å². The number of rotatable bonds is 7. The second-order valence-electron chi connectivity index (χ2n) is 4.63. The summed E-state index contributed by atoms with van der Waals surface area (Å²) in [7, 11) is 0. The van der Waals surface area contributed by atoms with Crippen molar-refractivity contribution >= 4 is 5.91 Å². The molecule has 0 aliphatic rings. The molecule has 1 aromatic rings. The number of carbonyl (C=O) groups is 1. The van der Waals surface area contributed by atoms with E-state index in [9.17, 15) is 15.0 Å². The third-order valence-corrected chi connectivity index (χ3v) is 3.09. The van der Waals surface area contributed by atoms with Crippen molar-refractivity contribution in [3.8, 4) is 11.5 Å². The minimum absolute atomic E-state index is 0.0326. The summed E-state index contributed by atoms with van der Waals surface area (Å²) >= 11 is 0. The molecule has 1 amide bonds. The molecule has 0 aliphatic heterocycles. The minimum Gasteiger partial charge on any atom is -0.504 e. The van der Waals surface area contributed by atoms with Crippen LogP contribution in [0, 0.1) is 0 Å². The van der Waals surface area contributed by atoms with Crippen molar-refractivity contribution < 1.29 is 20.1 Å². The van der Waals surface area contributed by atoms with E-state index in [0.29, 0.717) is 25.1 Å². The van der Waals surface area contributed by atoms with Gasteiger partial charge < -0.3 is 26.0 Å². The SMILES string of the molecule is CCN(CCCO)C(=O)[C@@H](N)Cc1ccc(O)c(O)c1. The molecule has 0 unspecified atom stereocenters. The lowest BCUT2D eigenvalue weighted by molar-refractivity contribution is -0.132. The number of hydrogen-bond donors (Lipinski definition) is 4. The first-order valence-corrected chi connectivity index (χ1v) is 6.65. The van der Waals surface area contributed by atoms with Crippen LogP contribution in [-0.2, 0) is 11.2 Å². The monoisotopic (exact) mass is 282 g/mol. The normalized spacial score (nSPS) is 12.2. The van der Waals surface area contributed by atoms with Crippen molar-refractivity contribution in [3.05, 3.63) is 23.8 Å². The third-order valence-electron chi connectivity index (χ3n) is 3.09. The fourth-order valence-electron chi connectivity index (χ4n) is 1.96. The molecule has 0 heterocycles. The molecule has 0 aromatic heterocycles. The molecule has 1 rings (SSSR count). The first-order chi connectivity index (χ1) is 9.49. The number of hydrogen-bond acceptors (Lipinski definition) is 5. The van der Waals surface area contributed by atoms with Crippen LogP contribution in [0.25, 0.3) is 0 Å². The number of aromatic hydroxyl groups is 2. The lowest BCUT2D eigenvalue weighted by atomic mass is 10.0. The number of carbonyl (C=O) groups excluding carboxylic acids is 1. The zero-order valence-corrected chi connectivity index (χ0v) is 11.6. The molecule has 0 spiro atoms. The van der Waals surface area contributed by atoms with E-state index in [4.69, 9.17) is 10.8 Å². The highest BCUT2D eigenvalue weighted by atomic mass is 16.3. The van der Waals surface area contributed by atoms with Gasteiger partial charge in [0.2, 0.25) is 5.91 Å². The highest BCUT2D eigenvalue weighted by Crippen LogP contribution is 2.25. The average molecular weight is 282 g/mol. The van der Waals surface area contributed by atoms with Crippen LogP contribution in [-0.4, -0.2) is 51.9 Å². The van der Waals surface area contributed by atoms with E-state index in [1.54, 1.807) is 11.0 Å². The van der Waals surface area contributed by atoms with E-state index < -0.39 is 6.04 Å². The molecule has 0 saturated carbocycles. The van der Waals surface area contributed by atoms with Crippen LogP contribution < -0.4 is 5.73 Å². The third kappa shape index (κ3) is 4.40. The number of aliphatic hydroxyl groups is 1. The van der Waals surface area contributed by atoms with Crippen LogP contribution in [0.1, 0.15) is 18.9 Å². The van der Waals surface area contributed by atoms with Gasteiger partial charge >= 0.3 is 0 Å². The molecular formula is C14H22N2O4. The summed E-state index contributed by atoms with van der Waals surface area (Å²) in [6.07, 6.45) is 0.800. The molecular weight excluding hydrogens is 260 g/mol. The van der Waals surface area contributed by atoms with Gasteiger partial charge in [0.25, 0.3) is 0 Å². The first-order valence-electron chi connectivity index (χ1n) is 6.65. The number of phenols is 2. The smallest absolute Gasteiger partial charge is 0.239 e. The maximum absolute atomic E-state index is 12.1. The fraction of sp³-hybridized carbons (Fsp3) is 0.500. The van der Waals surface area contributed by atoms with Crippen LogP contribution >= 0.6 is 0 Å². The molecule has 0 saturated heterocycles. The predicted octanol–water partition coefficient (Wildman–Crippen LogP) is 0.199. The van der Waals surface area contributed by atoms with Gasteiger partial charge in [-0.25, -0.2) is 0 Å². The van der Waals surface area contributed by atoms with Crippen LogP contribution in [0.3, 0.4) is 0 Å². The first kappa shape index (κ1) is 16.3. The molecule has 0 fully saturated rings. The molecule has 1 aromatic carbocycles. The van der Waals surface area contributed by atoms with Crippen molar-refractivity contribution in [2.45, 2.75) is 25.8 Å². The van der Waals surface area contributed by atoms with Gasteiger partial charge in [-0.05, 0) is 37.5 Å². The Morgan fingerprint density at radius 3 is 2.60 bits per heavy atom. The van der Waals surface area contributed by atoms with Crippen LogP contribution in [0.4, 0.5) is 0 Å². The minimum atomic E-state index is -0.711. The van der Waals surface area contributed by atoms with E-state index in [-0.39, 0.29) is 30.4 Å². The van der Waals surface area contributed by atoms with Gasteiger partial charge in [0.15, 0.2) is 11.5 Å². The average Bonchev–Trinajstić information content (AvgIpc) is 2.43. The van der Waals surface area contributed by atoms with E-state index in [1.807, 2.05) is 6.92 Å². The summed E-state index contributed by atoms with van der Waals surface area (Å²) in [4.78, 5) is 13.7. The van der Waals surface area contributed by atoms with Gasteiger partial charge in [-0.1, -0.05) is 6.07 Å². The Kier molecular flexibility index (Phi) is 6.27. The topological polar surface area (TPSA) is 107 Å². The molecule has 0 aliphatic carbocycles. The van der Waals surface area contributed by atoms with Gasteiger partial charge in [-0.2, -0.15) is 0 Å². The Hall–Kier alpha value is -1.79. The van der Waals surface area contributed by atoms with Crippen molar-refractivity contribution in [1.29, 1.82) is 0 Å². The largest absolute Gasteiger partial charge is 0.504 e. The van der Waals surface area contributed by atoms with Crippen LogP contribution in [0.5, 0.6) is 11.5 Å². The Morgan fingerprint density at radius 1 is 1.35 bits per heavy atom. The maximum atomic E-state index is 12.1. The molecule has 20 heavy (non-hydrogen) atoms. The molecule has 0 radical (unpaired) electrons. The quantitative estimate of drug-likeness (QED) is 0.534. The van der Waals surface area contributed by atoms with Crippen LogP contribution in [0.2, 0.25) is 0 Å². The molecule has 0 bridgehead atoms. The van der Waals surface area contributed by atoms with E-state index >= 15 is 0 Å². The Labute approximate surface area is 118 Å². The second-order valence-corrected chi connectivity index (χ2v) is 4.63. The zero-order valence-electron chi connectivity index (χ0n) is 11.6. The predicted molar refractivity (Wildman–Crippen MR) is 75.4 cm³/mol. The Bertz CT molecular complexity index is 451. The van der Waals surface area contributed by atoms with E-state index in [1.165, 1.54) is 12.1 Å². The molecule has 6 heteroatoms. The highest BCUT2D eigenvalue weighted by molar-refractivity contribution is 5.82. The van der Waals surface area contributed by atoms with Gasteiger partial charge in [0.1, 0.15) is 0 Å². The summed E-state index contributed by atoms with van der Waals surface area (Å²) in [5.74, 6) is -0.616. The van der Waals surface area contributed by atoms with E-state index in [2.05, 4.69) is 0 Å². The Morgan fingerprint density at radius 2 is 2.05 bits per heavy atom. The Balaban J connectivity index is 2.66. The number of benzene rings is 1. The lowest BCUT2D eigenvalue weighted by Gasteiger charge is -2.24. The maximum Gasteiger partial charge on any atom is 0.239 e. The number of nitrogens with two attached hydrogens (primary N) is 1. The zero-order chi connectivity index (χ0) is 15.1. The van der Waals surface area contributed by atoms with Gasteiger partial charge in [-0.15, -0.1) is 0 Å². The summed E-state index contributed by atoms with van der Waals surface area (Å²) < 4.78 is 0. The summed E-state index contributed by atoms with van der Waals surface area (Å²) in [5.41, 5.74) is 6.57. The van der Waals surface area contributed by atoms with E-state index in [0.717, 1.165) is 0 Å². The van der Waals surface area contributed by atoms with Gasteiger partial charge in [0, 0.05) is 19.7 Å². The second kappa shape index (κ2) is 7.72.